The normalized spacial score (nSPS) is 15.1. The number of hydrogen-bond donors (Lipinski definition) is 1. The number of carbonyl (C=O) groups is 1. The predicted molar refractivity (Wildman–Crippen MR) is 336 cm³/mol. The topological polar surface area (TPSA) is 107 Å². The Morgan fingerprint density at radius 2 is 0.977 bits per heavy atom. The van der Waals surface area contributed by atoms with Crippen molar-refractivity contribution in [3.63, 3.8) is 0 Å². The van der Waals surface area contributed by atoms with Crippen LogP contribution in [0.15, 0.2) is 54.6 Å². The first-order valence-electron chi connectivity index (χ1n) is 28.0. The number of rotatable bonds is 6. The molecule has 3 heterocycles. The Morgan fingerprint density at radius 3 is 1.38 bits per heavy atom. The molecule has 1 unspecified atom stereocenters. The summed E-state index contributed by atoms with van der Waals surface area (Å²) >= 11 is 5.95. The van der Waals surface area contributed by atoms with Gasteiger partial charge in [0.2, 0.25) is 0 Å². The monoisotopic (exact) mass is 1240 g/mol. The van der Waals surface area contributed by atoms with E-state index < -0.39 is 58.1 Å². The van der Waals surface area contributed by atoms with Gasteiger partial charge in [0.15, 0.2) is 5.78 Å². The van der Waals surface area contributed by atoms with Crippen LogP contribution in [0.5, 0.6) is 0 Å². The molecule has 0 spiro atoms. The molecule has 1 atom stereocenters. The summed E-state index contributed by atoms with van der Waals surface area (Å²) in [6.45, 7) is 54.3. The molecule has 0 saturated carbocycles. The summed E-state index contributed by atoms with van der Waals surface area (Å²) in [7, 11) is 0. The van der Waals surface area contributed by atoms with Crippen LogP contribution in [0, 0.1) is 112 Å². The first-order chi connectivity index (χ1) is 39.7. The molecule has 12 nitrogen and oxygen atoms in total. The number of aryl methyl sites for hydroxylation is 6. The van der Waals surface area contributed by atoms with E-state index in [9.17, 15) is 36.2 Å². The van der Waals surface area contributed by atoms with E-state index >= 15 is 0 Å². The smallest absolute Gasteiger partial charge is 1.00 e. The molecular weight excluding hydrogens is 1160 g/mol. The van der Waals surface area contributed by atoms with Crippen molar-refractivity contribution in [1.29, 1.82) is 0 Å². The van der Waals surface area contributed by atoms with Gasteiger partial charge in [-0.2, -0.15) is 15.3 Å². The van der Waals surface area contributed by atoms with E-state index in [1.54, 1.807) is 18.5 Å². The van der Waals surface area contributed by atoms with Gasteiger partial charge in [0.05, 0.1) is 82.6 Å². The van der Waals surface area contributed by atoms with Gasteiger partial charge in [0.25, 0.3) is 17.1 Å². The molecule has 10 rings (SSSR count). The number of benzene rings is 4. The number of allylic oxidation sites excluding steroid dienone is 1. The number of Topliss-reactive ketones (excluding diaryl/α,β-unsaturated/α-hetero) is 1. The summed E-state index contributed by atoms with van der Waals surface area (Å²) in [6, 6.07) is 10.9. The van der Waals surface area contributed by atoms with Gasteiger partial charge in [0, 0.05) is 31.0 Å². The average molecular weight is 1240 g/mol. The van der Waals surface area contributed by atoms with E-state index in [0.717, 1.165) is 76.1 Å². The van der Waals surface area contributed by atoms with E-state index in [1.807, 2.05) is 54.5 Å². The molecule has 461 valence electrons. The van der Waals surface area contributed by atoms with Crippen LogP contribution in [0.1, 0.15) is 162 Å². The minimum atomic E-state index is -0.932. The van der Waals surface area contributed by atoms with E-state index in [-0.39, 0.29) is 80.2 Å². The SMILES string of the molecule is C.CCN(CC)CC.Cc1cc(C)c(Cl)c(C)c1.[B].[C-]#[N+]c1c(F)cc(-n2nc(C)c3c2CC(C)(C)C=C3)cc1F.[C-]#[N+]c1c(F)cc(-n2nc(C)c3c2CC(C)(C)CC3=O)cc1F.[C-]#[N+]c1c(F)cc(-n2nc(C)c3c2CC(C)(C)CC3O)cc1F.[H-].[Na+]. The Hall–Kier alpha value is -6.76. The Bertz CT molecular complexity index is 3770. The van der Waals surface area contributed by atoms with Gasteiger partial charge in [-0.1, -0.05) is 111 Å². The van der Waals surface area contributed by atoms with Crippen LogP contribution in [0.25, 0.3) is 37.7 Å². The van der Waals surface area contributed by atoms with Gasteiger partial charge < -0.3 is 11.4 Å². The molecule has 1 N–H and O–H groups in total. The molecule has 3 radical (unpaired) electrons. The van der Waals surface area contributed by atoms with Crippen molar-refractivity contribution in [2.24, 2.45) is 16.2 Å². The van der Waals surface area contributed by atoms with E-state index in [0.29, 0.717) is 54.0 Å². The van der Waals surface area contributed by atoms with E-state index in [4.69, 9.17) is 31.3 Å². The van der Waals surface area contributed by atoms with Crippen molar-refractivity contribution in [2.45, 2.75) is 149 Å². The number of halogens is 7. The molecule has 0 saturated heterocycles. The van der Waals surface area contributed by atoms with Gasteiger partial charge in [0.1, 0.15) is 34.9 Å². The molecule has 3 aromatic heterocycles. The molecule has 0 fully saturated rings. The number of hydrogen-bond acceptors (Lipinski definition) is 6. The van der Waals surface area contributed by atoms with E-state index in [1.165, 1.54) is 45.7 Å². The molecule has 0 bridgehead atoms. The molecule has 7 aromatic rings. The maximum atomic E-state index is 13.9. The maximum Gasteiger partial charge on any atom is 1.00 e. The second-order valence-corrected chi connectivity index (χ2v) is 24.4. The zero-order valence-electron chi connectivity index (χ0n) is 53.6. The van der Waals surface area contributed by atoms with Crippen molar-refractivity contribution in [1.82, 2.24) is 34.2 Å². The molecular formula is C67H78BClF6N10NaO2. The van der Waals surface area contributed by atoms with Gasteiger partial charge in [-0.05, 0) is 151 Å². The second kappa shape index (κ2) is 30.6. The van der Waals surface area contributed by atoms with Crippen LogP contribution in [0.2, 0.25) is 5.02 Å². The Kier molecular flexibility index (Phi) is 26.3. The zero-order valence-corrected chi connectivity index (χ0v) is 55.3. The Labute approximate surface area is 545 Å². The first-order valence-corrected chi connectivity index (χ1v) is 28.3. The van der Waals surface area contributed by atoms with Crippen LogP contribution >= 0.6 is 11.6 Å². The number of aliphatic hydroxyl groups is 1. The van der Waals surface area contributed by atoms with Crippen LogP contribution in [-0.4, -0.2) is 73.2 Å². The number of aromatic nitrogens is 6. The third kappa shape index (κ3) is 17.1. The summed E-state index contributed by atoms with van der Waals surface area (Å²) in [5, 5.41) is 24.4. The standard InChI is InChI=1S/C17H17F2N3O.C17H15F2N3O.C17H15F2N3.C9H11Cl.C6H15N.CH4.B.Na.H/c2*1-9-15-13(7-17(2,3)8-14(15)23)22(21-9)10-5-11(18)16(20-4)12(19)6-10;1-10-12-5-6-17(2,3)9-15(12)22(21-10)11-7-13(18)16(20-4)14(19)8-11;1-6-4-7(2)9(10)8(3)5-6;1-4-7(5-2)6-3;;;;/h5-6,14,23H,7-8H2,1-3H3;5-6H,7-8H2,1-3H3;5-8H,9H2,1-3H3;4-5H,1-3H3;4-6H2,1-3H3;1H4;;;/q;;;;;;;+1;-1. The average Bonchev–Trinajstić information content (AvgIpc) is 1.66. The summed E-state index contributed by atoms with van der Waals surface area (Å²) in [6.07, 6.45) is 6.50. The minimum absolute atomic E-state index is 0. The van der Waals surface area contributed by atoms with Crippen molar-refractivity contribution in [3.8, 4) is 17.1 Å². The van der Waals surface area contributed by atoms with Crippen molar-refractivity contribution >= 4 is 48.9 Å². The third-order valence-corrected chi connectivity index (χ3v) is 15.8. The molecule has 0 aliphatic heterocycles. The minimum Gasteiger partial charge on any atom is -1.00 e. The Morgan fingerprint density at radius 1 is 0.602 bits per heavy atom. The first kappa shape index (κ1) is 75.5. The summed E-state index contributed by atoms with van der Waals surface area (Å²) in [5.74, 6) is -5.41. The maximum absolute atomic E-state index is 13.9. The fourth-order valence-electron chi connectivity index (χ4n) is 11.1. The fourth-order valence-corrected chi connectivity index (χ4v) is 11.2. The molecule has 3 aliphatic rings. The van der Waals surface area contributed by atoms with Gasteiger partial charge in [-0.15, -0.1) is 0 Å². The van der Waals surface area contributed by atoms with Gasteiger partial charge in [-0.25, -0.2) is 54.9 Å². The number of ketones is 1. The number of nitrogens with zero attached hydrogens (tertiary/aromatic N) is 10. The largest absolute Gasteiger partial charge is 1.00 e. The molecule has 0 amide bonds. The second-order valence-electron chi connectivity index (χ2n) is 24.0. The van der Waals surface area contributed by atoms with Gasteiger partial charge in [-0.3, -0.25) is 4.79 Å². The van der Waals surface area contributed by atoms with Crippen LogP contribution in [0.4, 0.5) is 43.4 Å². The van der Waals surface area contributed by atoms with Crippen molar-refractivity contribution in [2.75, 3.05) is 19.6 Å². The molecule has 3 aliphatic carbocycles. The number of carbonyl (C=O) groups excluding carboxylic acids is 1. The van der Waals surface area contributed by atoms with Gasteiger partial charge >= 0.3 is 29.6 Å². The number of fused-ring (bicyclic) bond motifs is 3. The van der Waals surface area contributed by atoms with Crippen LogP contribution < -0.4 is 29.6 Å². The van der Waals surface area contributed by atoms with Crippen molar-refractivity contribution in [3.05, 3.63) is 196 Å². The van der Waals surface area contributed by atoms with Crippen LogP contribution in [-0.2, 0) is 19.3 Å². The quantitative estimate of drug-likeness (QED) is 0.101. The van der Waals surface area contributed by atoms with E-state index in [2.05, 4.69) is 94.5 Å². The predicted octanol–water partition coefficient (Wildman–Crippen LogP) is 14.8. The molecule has 4 aromatic carbocycles. The molecule has 88 heavy (non-hydrogen) atoms. The fraction of sp³-hybridized carbons (Fsp3) is 0.418. The summed E-state index contributed by atoms with van der Waals surface area (Å²) in [4.78, 5) is 23.3. The van der Waals surface area contributed by atoms with Crippen LogP contribution in [0.3, 0.4) is 0 Å². The zero-order chi connectivity index (χ0) is 63.4. The summed E-state index contributed by atoms with van der Waals surface area (Å²) < 4.78 is 87.9. The third-order valence-electron chi connectivity index (χ3n) is 15.2. The summed E-state index contributed by atoms with van der Waals surface area (Å²) in [5.41, 5.74) is 8.73. The van der Waals surface area contributed by atoms with Crippen molar-refractivity contribution < 1.29 is 67.2 Å². The number of aliphatic hydroxyl groups excluding tert-OH is 1. The molecule has 21 heteroatoms. The Balaban J connectivity index is 0.000000395.